The lowest BCUT2D eigenvalue weighted by Gasteiger charge is -2.19. The maximum absolute atomic E-state index is 12.5. The van der Waals surface area contributed by atoms with Crippen molar-refractivity contribution in [2.75, 3.05) is 11.9 Å². The van der Waals surface area contributed by atoms with Crippen LogP contribution in [-0.2, 0) is 0 Å². The Bertz CT molecular complexity index is 1440. The Morgan fingerprint density at radius 3 is 2.72 bits per heavy atom. The molecular weight excluding hydrogens is 456 g/mol. The van der Waals surface area contributed by atoms with Crippen LogP contribution >= 0.6 is 0 Å². The van der Waals surface area contributed by atoms with Gasteiger partial charge in [0.1, 0.15) is 23.9 Å². The number of ether oxygens (including phenoxy) is 1. The fourth-order valence-corrected chi connectivity index (χ4v) is 3.83. The maximum atomic E-state index is 12.5. The fraction of sp³-hybridized carbons (Fsp3) is 0.333. The zero-order chi connectivity index (χ0) is 25.4. The van der Waals surface area contributed by atoms with Crippen LogP contribution in [0.15, 0.2) is 48.8 Å². The molecule has 0 atom stereocenters. The Morgan fingerprint density at radius 1 is 1.17 bits per heavy atom. The summed E-state index contributed by atoms with van der Waals surface area (Å²) in [7, 11) is 0. The van der Waals surface area contributed by atoms with Crippen LogP contribution in [0.25, 0.3) is 16.6 Å². The van der Waals surface area contributed by atoms with Gasteiger partial charge in [0.25, 0.3) is 5.91 Å². The van der Waals surface area contributed by atoms with Gasteiger partial charge >= 0.3 is 0 Å². The number of pyridine rings is 3. The number of aromatic nitrogens is 4. The van der Waals surface area contributed by atoms with Crippen LogP contribution in [0.2, 0.25) is 0 Å². The number of nitrogens with zero attached hydrogens (tertiary/aromatic N) is 4. The van der Waals surface area contributed by atoms with E-state index in [1.165, 1.54) is 0 Å². The summed E-state index contributed by atoms with van der Waals surface area (Å²) in [5.74, 6) is 1.62. The summed E-state index contributed by atoms with van der Waals surface area (Å²) < 4.78 is 7.66. The van der Waals surface area contributed by atoms with Crippen molar-refractivity contribution in [3.63, 3.8) is 0 Å². The number of carbonyl (C=O) groups is 1. The van der Waals surface area contributed by atoms with E-state index in [1.54, 1.807) is 30.6 Å². The molecule has 1 aliphatic carbocycles. The molecule has 1 aliphatic rings. The van der Waals surface area contributed by atoms with Gasteiger partial charge < -0.3 is 20.5 Å². The van der Waals surface area contributed by atoms with E-state index in [0.29, 0.717) is 23.1 Å². The van der Waals surface area contributed by atoms with Crippen molar-refractivity contribution in [3.8, 4) is 16.9 Å². The molecule has 0 bridgehead atoms. The van der Waals surface area contributed by atoms with Gasteiger partial charge in [0.05, 0.1) is 17.3 Å². The van der Waals surface area contributed by atoms with Crippen LogP contribution in [0.4, 0.5) is 11.6 Å². The number of carbonyl (C=O) groups excluding carboxylic acids is 1. The molecule has 0 saturated heterocycles. The van der Waals surface area contributed by atoms with Crippen molar-refractivity contribution < 1.29 is 14.6 Å². The molecule has 9 heteroatoms. The summed E-state index contributed by atoms with van der Waals surface area (Å²) in [5, 5.41) is 20.9. The summed E-state index contributed by atoms with van der Waals surface area (Å²) in [6, 6.07) is 11.8. The quantitative estimate of drug-likeness (QED) is 0.342. The summed E-state index contributed by atoms with van der Waals surface area (Å²) >= 11 is 0. The molecule has 5 rings (SSSR count). The van der Waals surface area contributed by atoms with Crippen LogP contribution in [0.5, 0.6) is 5.75 Å². The lowest BCUT2D eigenvalue weighted by atomic mass is 10.1. The van der Waals surface area contributed by atoms with Gasteiger partial charge in [0, 0.05) is 29.6 Å². The largest absolute Gasteiger partial charge is 0.488 e. The second kappa shape index (κ2) is 9.23. The second-order valence-corrected chi connectivity index (χ2v) is 10.0. The highest BCUT2D eigenvalue weighted by molar-refractivity contribution is 5.93. The fourth-order valence-electron chi connectivity index (χ4n) is 3.83. The van der Waals surface area contributed by atoms with E-state index in [-0.39, 0.29) is 18.6 Å². The molecule has 1 amide bonds. The number of hydrogen-bond donors (Lipinski definition) is 3. The summed E-state index contributed by atoms with van der Waals surface area (Å²) in [6.45, 7) is 7.42. The molecule has 0 spiro atoms. The molecule has 186 valence electrons. The molecule has 3 N–H and O–H groups in total. The molecule has 4 aromatic rings. The average Bonchev–Trinajstić information content (AvgIpc) is 3.53. The van der Waals surface area contributed by atoms with Crippen molar-refractivity contribution in [1.29, 1.82) is 0 Å². The second-order valence-electron chi connectivity index (χ2n) is 10.0. The van der Waals surface area contributed by atoms with Gasteiger partial charge in [0.2, 0.25) is 0 Å². The van der Waals surface area contributed by atoms with E-state index >= 15 is 0 Å². The van der Waals surface area contributed by atoms with E-state index < -0.39 is 5.60 Å². The van der Waals surface area contributed by atoms with Gasteiger partial charge in [-0.05, 0) is 82.0 Å². The Morgan fingerprint density at radius 2 is 1.97 bits per heavy atom. The van der Waals surface area contributed by atoms with Gasteiger partial charge in [-0.2, -0.15) is 5.10 Å². The number of fused-ring (bicyclic) bond motifs is 1. The molecule has 1 fully saturated rings. The van der Waals surface area contributed by atoms with Gasteiger partial charge in [0.15, 0.2) is 5.82 Å². The Hall–Kier alpha value is -3.98. The van der Waals surface area contributed by atoms with Crippen LogP contribution in [0.1, 0.15) is 48.4 Å². The first kappa shape index (κ1) is 23.7. The number of hydrogen-bond acceptors (Lipinski definition) is 7. The number of rotatable bonds is 8. The van der Waals surface area contributed by atoms with E-state index in [0.717, 1.165) is 40.7 Å². The van der Waals surface area contributed by atoms with Crippen molar-refractivity contribution in [3.05, 3.63) is 65.7 Å². The van der Waals surface area contributed by atoms with Crippen LogP contribution in [0, 0.1) is 13.8 Å². The SMILES string of the molecule is Cc1cc(Nc2cc3cc(-c4cc(C)ncc4OCC(C)(C)O)ccn3n2)nc(C(=O)NC2CC2)c1. The summed E-state index contributed by atoms with van der Waals surface area (Å²) in [4.78, 5) is 21.3. The molecule has 0 radical (unpaired) electrons. The van der Waals surface area contributed by atoms with Crippen LogP contribution in [0.3, 0.4) is 0 Å². The van der Waals surface area contributed by atoms with Crippen molar-refractivity contribution in [2.24, 2.45) is 0 Å². The minimum atomic E-state index is -0.958. The lowest BCUT2D eigenvalue weighted by Crippen LogP contribution is -2.28. The smallest absolute Gasteiger partial charge is 0.270 e. The van der Waals surface area contributed by atoms with Crippen LogP contribution < -0.4 is 15.4 Å². The number of nitrogens with one attached hydrogen (secondary N) is 2. The van der Waals surface area contributed by atoms with Gasteiger partial charge in [-0.3, -0.25) is 9.78 Å². The molecule has 1 saturated carbocycles. The van der Waals surface area contributed by atoms with E-state index in [1.807, 2.05) is 50.4 Å². The molecule has 0 unspecified atom stereocenters. The summed E-state index contributed by atoms with van der Waals surface area (Å²) in [6.07, 6.45) is 5.61. The first-order chi connectivity index (χ1) is 17.1. The third-order valence-electron chi connectivity index (χ3n) is 5.73. The van der Waals surface area contributed by atoms with Crippen molar-refractivity contribution >= 4 is 23.1 Å². The molecule has 4 heterocycles. The lowest BCUT2D eigenvalue weighted by molar-refractivity contribution is 0.0286. The number of aryl methyl sites for hydroxylation is 2. The van der Waals surface area contributed by atoms with E-state index in [2.05, 4.69) is 25.7 Å². The minimum absolute atomic E-state index is 0.151. The third kappa shape index (κ3) is 5.63. The van der Waals surface area contributed by atoms with Gasteiger partial charge in [-0.15, -0.1) is 0 Å². The van der Waals surface area contributed by atoms with Gasteiger partial charge in [-0.1, -0.05) is 0 Å². The Balaban J connectivity index is 1.41. The zero-order valence-corrected chi connectivity index (χ0v) is 20.9. The average molecular weight is 487 g/mol. The normalized spacial score (nSPS) is 13.6. The van der Waals surface area contributed by atoms with E-state index in [9.17, 15) is 9.90 Å². The topological polar surface area (TPSA) is 114 Å². The number of aliphatic hydroxyl groups is 1. The predicted octanol–water partition coefficient (Wildman–Crippen LogP) is 4.19. The third-order valence-corrected chi connectivity index (χ3v) is 5.73. The predicted molar refractivity (Wildman–Crippen MR) is 138 cm³/mol. The van der Waals surface area contributed by atoms with Crippen molar-refractivity contribution in [1.82, 2.24) is 24.9 Å². The summed E-state index contributed by atoms with van der Waals surface area (Å²) in [5.41, 5.74) is 3.93. The molecule has 4 aromatic heterocycles. The maximum Gasteiger partial charge on any atom is 0.270 e. The molecular formula is C27H30N6O3. The monoisotopic (exact) mass is 486 g/mol. The molecule has 36 heavy (non-hydrogen) atoms. The Kier molecular flexibility index (Phi) is 6.09. The standard InChI is InChI=1S/C27H30N6O3/c1-16-9-22(26(34)29-19-5-6-19)30-24(10-16)31-25-13-20-12-18(7-8-33(20)32-25)21-11-17(2)28-14-23(21)36-15-27(3,4)35/h7-14,19,35H,5-6,15H2,1-4H3,(H,29,34)(H,30,31,32). The van der Waals surface area contributed by atoms with E-state index in [4.69, 9.17) is 4.74 Å². The first-order valence-electron chi connectivity index (χ1n) is 12.0. The molecule has 0 aliphatic heterocycles. The van der Waals surface area contributed by atoms with Crippen LogP contribution in [-0.4, -0.2) is 48.8 Å². The molecule has 0 aromatic carbocycles. The number of amides is 1. The highest BCUT2D eigenvalue weighted by Gasteiger charge is 2.24. The van der Waals surface area contributed by atoms with Gasteiger partial charge in [-0.25, -0.2) is 9.50 Å². The zero-order valence-electron chi connectivity index (χ0n) is 20.9. The highest BCUT2D eigenvalue weighted by atomic mass is 16.5. The number of anilines is 2. The molecule has 9 nitrogen and oxygen atoms in total. The van der Waals surface area contributed by atoms with Crippen molar-refractivity contribution in [2.45, 2.75) is 52.2 Å². The first-order valence-corrected chi connectivity index (χ1v) is 12.0. The highest BCUT2D eigenvalue weighted by Crippen LogP contribution is 2.32. The Labute approximate surface area is 209 Å². The minimum Gasteiger partial charge on any atom is -0.488 e.